The van der Waals surface area contributed by atoms with E-state index in [0.717, 1.165) is 67.9 Å². The smallest absolute Gasteiger partial charge is 0.259 e. The maximum atomic E-state index is 12.8. The third kappa shape index (κ3) is 5.36. The molecule has 7 heteroatoms. The number of aromatic amines is 1. The Morgan fingerprint density at radius 2 is 1.77 bits per heavy atom. The molecule has 1 N–H and O–H groups in total. The summed E-state index contributed by atoms with van der Waals surface area (Å²) >= 11 is 1.70. The van der Waals surface area contributed by atoms with Crippen molar-refractivity contribution < 1.29 is 4.79 Å². The summed E-state index contributed by atoms with van der Waals surface area (Å²) in [5.41, 5.74) is 3.91. The molecule has 0 spiro atoms. The lowest BCUT2D eigenvalue weighted by Crippen LogP contribution is -2.48. The molecule has 1 aliphatic heterocycles. The first-order valence-electron chi connectivity index (χ1n) is 12.9. The Morgan fingerprint density at radius 3 is 2.49 bits per heavy atom. The van der Waals surface area contributed by atoms with E-state index in [4.69, 9.17) is 4.98 Å². The molecule has 0 unspecified atom stereocenters. The van der Waals surface area contributed by atoms with Gasteiger partial charge in [0.2, 0.25) is 5.91 Å². The van der Waals surface area contributed by atoms with E-state index < -0.39 is 0 Å². The first-order valence-corrected chi connectivity index (χ1v) is 13.7. The number of rotatable bonds is 5. The lowest BCUT2D eigenvalue weighted by atomic mass is 9.86. The van der Waals surface area contributed by atoms with E-state index in [-0.39, 0.29) is 16.9 Å². The molecule has 35 heavy (non-hydrogen) atoms. The SMILES string of the molecule is CC(C)(C)c1ccc(CCC(=O)N2CCN(Cc3nc4sc5c(c4c(=O)[nH]3)CCCC5)CC2)cc1. The van der Waals surface area contributed by atoms with E-state index in [1.165, 1.54) is 28.0 Å². The Balaban J connectivity index is 1.14. The Labute approximate surface area is 211 Å². The van der Waals surface area contributed by atoms with E-state index >= 15 is 0 Å². The molecule has 5 rings (SSSR count). The summed E-state index contributed by atoms with van der Waals surface area (Å²) in [5, 5.41) is 0.817. The average Bonchev–Trinajstić information content (AvgIpc) is 3.21. The highest BCUT2D eigenvalue weighted by atomic mass is 32.1. The van der Waals surface area contributed by atoms with Crippen LogP contribution in [0, 0.1) is 0 Å². The van der Waals surface area contributed by atoms with Crippen LogP contribution in [0.4, 0.5) is 0 Å². The van der Waals surface area contributed by atoms with Gasteiger partial charge in [0.1, 0.15) is 10.7 Å². The van der Waals surface area contributed by atoms with Crippen molar-refractivity contribution in [3.05, 3.63) is 62.0 Å². The second kappa shape index (κ2) is 9.86. The number of hydrogen-bond donors (Lipinski definition) is 1. The molecule has 6 nitrogen and oxygen atoms in total. The number of nitrogens with one attached hydrogen (secondary N) is 1. The summed E-state index contributed by atoms with van der Waals surface area (Å²) in [7, 11) is 0. The fraction of sp³-hybridized carbons (Fsp3) is 0.536. The molecular weight excluding hydrogens is 456 g/mol. The second-order valence-electron chi connectivity index (χ2n) is 11.0. The molecule has 3 aromatic rings. The number of H-pyrrole nitrogens is 1. The summed E-state index contributed by atoms with van der Waals surface area (Å²) in [6, 6.07) is 8.67. The summed E-state index contributed by atoms with van der Waals surface area (Å²) < 4.78 is 0. The number of carbonyl (C=O) groups is 1. The van der Waals surface area contributed by atoms with Gasteiger partial charge < -0.3 is 9.88 Å². The molecule has 2 aromatic heterocycles. The maximum Gasteiger partial charge on any atom is 0.259 e. The van der Waals surface area contributed by atoms with E-state index in [2.05, 4.69) is 54.9 Å². The van der Waals surface area contributed by atoms with Crippen LogP contribution in [0.5, 0.6) is 0 Å². The highest BCUT2D eigenvalue weighted by molar-refractivity contribution is 7.18. The summed E-state index contributed by atoms with van der Waals surface area (Å²) in [6.45, 7) is 10.3. The van der Waals surface area contributed by atoms with Gasteiger partial charge in [-0.15, -0.1) is 11.3 Å². The highest BCUT2D eigenvalue weighted by Crippen LogP contribution is 2.33. The number of piperazine rings is 1. The predicted molar refractivity (Wildman–Crippen MR) is 142 cm³/mol. The highest BCUT2D eigenvalue weighted by Gasteiger charge is 2.23. The van der Waals surface area contributed by atoms with Gasteiger partial charge in [-0.05, 0) is 54.2 Å². The molecule has 1 fully saturated rings. The van der Waals surface area contributed by atoms with Crippen LogP contribution in [0.25, 0.3) is 10.2 Å². The van der Waals surface area contributed by atoms with Crippen molar-refractivity contribution in [1.82, 2.24) is 19.8 Å². The zero-order chi connectivity index (χ0) is 24.6. The van der Waals surface area contributed by atoms with Crippen LogP contribution in [0.2, 0.25) is 0 Å². The number of benzene rings is 1. The lowest BCUT2D eigenvalue weighted by Gasteiger charge is -2.34. The molecular formula is C28H36N4O2S. The fourth-order valence-electron chi connectivity index (χ4n) is 5.23. The van der Waals surface area contributed by atoms with E-state index in [0.29, 0.717) is 13.0 Å². The zero-order valence-electron chi connectivity index (χ0n) is 21.2. The minimum absolute atomic E-state index is 0.00810. The van der Waals surface area contributed by atoms with Crippen molar-refractivity contribution in [1.29, 1.82) is 0 Å². The predicted octanol–water partition coefficient (Wildman–Crippen LogP) is 4.44. The van der Waals surface area contributed by atoms with Crippen molar-refractivity contribution in [2.45, 2.75) is 71.3 Å². The van der Waals surface area contributed by atoms with Gasteiger partial charge in [-0.3, -0.25) is 14.5 Å². The number of carbonyl (C=O) groups excluding carboxylic acids is 1. The average molecular weight is 493 g/mol. The Bertz CT molecular complexity index is 1260. The molecule has 0 bridgehead atoms. The number of aryl methyl sites for hydroxylation is 3. The Hall–Kier alpha value is -2.51. The fourth-order valence-corrected chi connectivity index (χ4v) is 6.51. The van der Waals surface area contributed by atoms with Gasteiger partial charge in [0, 0.05) is 37.5 Å². The summed E-state index contributed by atoms with van der Waals surface area (Å²) in [6.07, 6.45) is 5.76. The lowest BCUT2D eigenvalue weighted by molar-refractivity contribution is -0.133. The number of hydrogen-bond acceptors (Lipinski definition) is 5. The van der Waals surface area contributed by atoms with Crippen molar-refractivity contribution in [2.24, 2.45) is 0 Å². The molecule has 0 radical (unpaired) electrons. The quantitative estimate of drug-likeness (QED) is 0.572. The van der Waals surface area contributed by atoms with Crippen LogP contribution in [0.15, 0.2) is 29.1 Å². The molecule has 1 saturated heterocycles. The van der Waals surface area contributed by atoms with Gasteiger partial charge in [-0.25, -0.2) is 4.98 Å². The first kappa shape index (κ1) is 24.2. The Morgan fingerprint density at radius 1 is 1.06 bits per heavy atom. The van der Waals surface area contributed by atoms with Gasteiger partial charge in [-0.1, -0.05) is 45.0 Å². The minimum Gasteiger partial charge on any atom is -0.340 e. The summed E-state index contributed by atoms with van der Waals surface area (Å²) in [4.78, 5) is 40.0. The maximum absolute atomic E-state index is 12.8. The van der Waals surface area contributed by atoms with Crippen LogP contribution in [0.1, 0.15) is 67.4 Å². The number of amides is 1. The van der Waals surface area contributed by atoms with E-state index in [1.54, 1.807) is 11.3 Å². The third-order valence-electron chi connectivity index (χ3n) is 7.42. The second-order valence-corrected chi connectivity index (χ2v) is 12.1. The molecule has 1 amide bonds. The zero-order valence-corrected chi connectivity index (χ0v) is 22.0. The van der Waals surface area contributed by atoms with Crippen LogP contribution < -0.4 is 5.56 Å². The third-order valence-corrected chi connectivity index (χ3v) is 8.61. The first-order chi connectivity index (χ1) is 16.8. The molecule has 2 aliphatic rings. The molecule has 1 aromatic carbocycles. The topological polar surface area (TPSA) is 69.3 Å². The molecule has 0 atom stereocenters. The number of nitrogens with zero attached hydrogens (tertiary/aromatic N) is 3. The van der Waals surface area contributed by atoms with Crippen molar-refractivity contribution in [3.8, 4) is 0 Å². The molecule has 3 heterocycles. The number of fused-ring (bicyclic) bond motifs is 3. The Kier molecular flexibility index (Phi) is 6.82. The van der Waals surface area contributed by atoms with Gasteiger partial charge in [0.05, 0.1) is 11.9 Å². The van der Waals surface area contributed by atoms with Crippen LogP contribution in [0.3, 0.4) is 0 Å². The monoisotopic (exact) mass is 492 g/mol. The van der Waals surface area contributed by atoms with Gasteiger partial charge >= 0.3 is 0 Å². The van der Waals surface area contributed by atoms with Crippen LogP contribution in [-0.4, -0.2) is 51.9 Å². The van der Waals surface area contributed by atoms with Crippen molar-refractivity contribution >= 4 is 27.5 Å². The molecule has 186 valence electrons. The largest absolute Gasteiger partial charge is 0.340 e. The number of thiophene rings is 1. The normalized spacial score (nSPS) is 17.1. The van der Waals surface area contributed by atoms with Crippen LogP contribution in [-0.2, 0) is 36.0 Å². The molecule has 0 saturated carbocycles. The van der Waals surface area contributed by atoms with Gasteiger partial charge in [0.25, 0.3) is 5.56 Å². The van der Waals surface area contributed by atoms with Crippen LogP contribution >= 0.6 is 11.3 Å². The standard InChI is InChI=1S/C28H36N4O2S/c1-28(2,3)20-11-8-19(9-12-20)10-13-24(33)32-16-14-31(15-17-32)18-23-29-26(34)25-21-6-4-5-7-22(21)35-27(25)30-23/h8-9,11-12H,4-7,10,13-18H2,1-3H3,(H,29,30,34). The van der Waals surface area contributed by atoms with Crippen molar-refractivity contribution in [2.75, 3.05) is 26.2 Å². The van der Waals surface area contributed by atoms with E-state index in [9.17, 15) is 9.59 Å². The minimum atomic E-state index is 0.00810. The molecule has 1 aliphatic carbocycles. The van der Waals surface area contributed by atoms with E-state index in [1.807, 2.05) is 4.90 Å². The van der Waals surface area contributed by atoms with Gasteiger partial charge in [-0.2, -0.15) is 0 Å². The van der Waals surface area contributed by atoms with Crippen molar-refractivity contribution in [3.63, 3.8) is 0 Å². The summed E-state index contributed by atoms with van der Waals surface area (Å²) in [5.74, 6) is 0.959. The number of aromatic nitrogens is 2. The van der Waals surface area contributed by atoms with Gasteiger partial charge in [0.15, 0.2) is 0 Å².